The van der Waals surface area contributed by atoms with Crippen LogP contribution in [-0.4, -0.2) is 44.1 Å². The molecule has 0 saturated carbocycles. The molecular formula is C25H23N5O5. The van der Waals surface area contributed by atoms with Crippen LogP contribution in [0.5, 0.6) is 0 Å². The molecule has 2 heterocycles. The molecule has 1 atom stereocenters. The average molecular weight is 473 g/mol. The number of anilines is 2. The van der Waals surface area contributed by atoms with Gasteiger partial charge in [0.2, 0.25) is 0 Å². The molecule has 0 fully saturated rings. The second kappa shape index (κ2) is 9.23. The van der Waals surface area contributed by atoms with Crippen molar-refractivity contribution >= 4 is 29.3 Å². The molecule has 0 radical (unpaired) electrons. The summed E-state index contributed by atoms with van der Waals surface area (Å²) in [5.41, 5.74) is 8.31. The summed E-state index contributed by atoms with van der Waals surface area (Å²) in [7, 11) is 4.01. The van der Waals surface area contributed by atoms with E-state index < -0.39 is 17.9 Å². The first-order valence-electron chi connectivity index (χ1n) is 10.6. The summed E-state index contributed by atoms with van der Waals surface area (Å²) in [5.74, 6) is -2.73. The first-order valence-corrected chi connectivity index (χ1v) is 10.6. The van der Waals surface area contributed by atoms with Crippen LogP contribution < -0.4 is 16.0 Å². The molecule has 1 unspecified atom stereocenters. The fourth-order valence-corrected chi connectivity index (χ4v) is 4.34. The highest BCUT2D eigenvalue weighted by Crippen LogP contribution is 2.45. The molecule has 0 spiro atoms. The molecule has 10 heteroatoms. The fraction of sp³-hybridized carbons (Fsp3) is 0.200. The van der Waals surface area contributed by atoms with Crippen molar-refractivity contribution in [1.29, 1.82) is 5.26 Å². The van der Waals surface area contributed by atoms with Gasteiger partial charge in [-0.3, -0.25) is 4.90 Å². The van der Waals surface area contributed by atoms with E-state index in [1.807, 2.05) is 6.07 Å². The number of para-hydroxylation sites is 1. The predicted molar refractivity (Wildman–Crippen MR) is 126 cm³/mol. The van der Waals surface area contributed by atoms with Crippen LogP contribution >= 0.6 is 0 Å². The largest absolute Gasteiger partial charge is 0.466 e. The number of allylic oxidation sites excluding steroid dienone is 1. The zero-order valence-corrected chi connectivity index (χ0v) is 19.4. The van der Waals surface area contributed by atoms with E-state index in [9.17, 15) is 19.6 Å². The Morgan fingerprint density at radius 1 is 1.09 bits per heavy atom. The van der Waals surface area contributed by atoms with E-state index in [1.165, 1.54) is 24.0 Å². The van der Waals surface area contributed by atoms with Crippen molar-refractivity contribution in [3.63, 3.8) is 0 Å². The number of methoxy groups -OCH3 is 2. The smallest absolute Gasteiger partial charge is 0.355 e. The van der Waals surface area contributed by atoms with Crippen molar-refractivity contribution in [2.24, 2.45) is 5.73 Å². The standard InChI is InChI=1S/C25H23N5O5/c1-29-13-15-10-7-11-17(20(15)28-25(29)33)30-21(24(32)35-3)19(23(31)34-2)18(16(12-26)22(30)27)14-8-5-4-6-9-14/h4-11,18H,13,27H2,1-3H3,(H,28,33). The molecule has 2 aromatic carbocycles. The Hall–Kier alpha value is -4.78. The molecule has 0 aliphatic carbocycles. The zero-order valence-electron chi connectivity index (χ0n) is 19.4. The van der Waals surface area contributed by atoms with Crippen LogP contribution in [0.15, 0.2) is 71.2 Å². The third kappa shape index (κ3) is 3.83. The van der Waals surface area contributed by atoms with Crippen molar-refractivity contribution in [3.8, 4) is 6.07 Å². The van der Waals surface area contributed by atoms with Gasteiger partial charge in [-0.15, -0.1) is 0 Å². The quantitative estimate of drug-likeness (QED) is 0.646. The number of hydrogen-bond acceptors (Lipinski definition) is 8. The number of ether oxygens (including phenoxy) is 2. The van der Waals surface area contributed by atoms with E-state index in [0.29, 0.717) is 23.5 Å². The number of nitrogens with one attached hydrogen (secondary N) is 1. The Morgan fingerprint density at radius 3 is 2.40 bits per heavy atom. The van der Waals surface area contributed by atoms with Gasteiger partial charge in [-0.25, -0.2) is 14.4 Å². The van der Waals surface area contributed by atoms with Crippen LogP contribution in [0.3, 0.4) is 0 Å². The highest BCUT2D eigenvalue weighted by atomic mass is 16.5. The Labute approximate surface area is 201 Å². The molecule has 0 aromatic heterocycles. The molecule has 4 rings (SSSR count). The van der Waals surface area contributed by atoms with Crippen LogP contribution in [0.25, 0.3) is 0 Å². The minimum absolute atomic E-state index is 0.0427. The molecule has 2 aliphatic heterocycles. The molecule has 2 amide bonds. The zero-order chi connectivity index (χ0) is 25.3. The van der Waals surface area contributed by atoms with E-state index in [0.717, 1.165) is 5.56 Å². The molecular weight excluding hydrogens is 450 g/mol. The van der Waals surface area contributed by atoms with Crippen molar-refractivity contribution in [1.82, 2.24) is 4.90 Å². The third-order valence-electron chi connectivity index (χ3n) is 5.97. The monoisotopic (exact) mass is 473 g/mol. The van der Waals surface area contributed by atoms with Crippen LogP contribution in [0.1, 0.15) is 17.0 Å². The number of carbonyl (C=O) groups is 3. The van der Waals surface area contributed by atoms with Gasteiger partial charge in [-0.05, 0) is 17.2 Å². The lowest BCUT2D eigenvalue weighted by molar-refractivity contribution is -0.139. The summed E-state index contributed by atoms with van der Waals surface area (Å²) in [6, 6.07) is 15.7. The number of hydrogen-bond donors (Lipinski definition) is 2. The molecule has 2 aromatic rings. The van der Waals surface area contributed by atoms with Gasteiger partial charge in [-0.2, -0.15) is 5.26 Å². The van der Waals surface area contributed by atoms with Crippen molar-refractivity contribution in [2.75, 3.05) is 31.5 Å². The predicted octanol–water partition coefficient (Wildman–Crippen LogP) is 2.56. The van der Waals surface area contributed by atoms with Crippen LogP contribution in [-0.2, 0) is 25.6 Å². The molecule has 178 valence electrons. The van der Waals surface area contributed by atoms with Crippen molar-refractivity contribution in [2.45, 2.75) is 12.5 Å². The van der Waals surface area contributed by atoms with Gasteiger partial charge < -0.3 is 25.4 Å². The number of amides is 2. The van der Waals surface area contributed by atoms with Crippen molar-refractivity contribution in [3.05, 3.63) is 82.3 Å². The van der Waals surface area contributed by atoms with E-state index in [-0.39, 0.29) is 28.7 Å². The maximum atomic E-state index is 13.2. The van der Waals surface area contributed by atoms with E-state index >= 15 is 0 Å². The third-order valence-corrected chi connectivity index (χ3v) is 5.97. The second-order valence-corrected chi connectivity index (χ2v) is 7.93. The number of carbonyl (C=O) groups excluding carboxylic acids is 3. The minimum Gasteiger partial charge on any atom is -0.466 e. The first kappa shape index (κ1) is 23.4. The molecule has 0 saturated heterocycles. The lowest BCUT2D eigenvalue weighted by Crippen LogP contribution is -2.42. The molecule has 2 aliphatic rings. The van der Waals surface area contributed by atoms with Gasteiger partial charge in [0.1, 0.15) is 11.5 Å². The molecule has 35 heavy (non-hydrogen) atoms. The van der Waals surface area contributed by atoms with Gasteiger partial charge in [0.25, 0.3) is 0 Å². The van der Waals surface area contributed by atoms with Gasteiger partial charge >= 0.3 is 18.0 Å². The Kier molecular flexibility index (Phi) is 6.16. The number of rotatable bonds is 4. The maximum absolute atomic E-state index is 13.2. The topological polar surface area (TPSA) is 138 Å². The summed E-state index contributed by atoms with van der Waals surface area (Å²) in [6.45, 7) is 0.311. The maximum Gasteiger partial charge on any atom is 0.355 e. The number of nitrogens with two attached hydrogens (primary N) is 1. The highest BCUT2D eigenvalue weighted by Gasteiger charge is 2.44. The van der Waals surface area contributed by atoms with E-state index in [4.69, 9.17) is 15.2 Å². The van der Waals surface area contributed by atoms with Gasteiger partial charge in [0.05, 0.1) is 48.7 Å². The SMILES string of the molecule is COC(=O)C1=C(C(=O)OC)N(c2cccc3c2NC(=O)N(C)C3)C(N)=C(C#N)C1c1ccccc1. The lowest BCUT2D eigenvalue weighted by Gasteiger charge is -2.38. The number of benzene rings is 2. The fourth-order valence-electron chi connectivity index (χ4n) is 4.34. The molecule has 3 N–H and O–H groups in total. The summed E-state index contributed by atoms with van der Waals surface area (Å²) >= 11 is 0. The second-order valence-electron chi connectivity index (χ2n) is 7.93. The summed E-state index contributed by atoms with van der Waals surface area (Å²) in [5, 5.41) is 12.9. The van der Waals surface area contributed by atoms with Crippen molar-refractivity contribution < 1.29 is 23.9 Å². The van der Waals surface area contributed by atoms with Crippen LogP contribution in [0.4, 0.5) is 16.2 Å². The summed E-state index contributed by atoms with van der Waals surface area (Å²) in [6.07, 6.45) is 0. The minimum atomic E-state index is -0.973. The van der Waals surface area contributed by atoms with Crippen LogP contribution in [0.2, 0.25) is 0 Å². The van der Waals surface area contributed by atoms with E-state index in [1.54, 1.807) is 49.5 Å². The van der Waals surface area contributed by atoms with Crippen LogP contribution in [0, 0.1) is 11.3 Å². The number of nitriles is 1. The van der Waals surface area contributed by atoms with Gasteiger partial charge in [0, 0.05) is 13.6 Å². The van der Waals surface area contributed by atoms with Gasteiger partial charge in [-0.1, -0.05) is 42.5 Å². The Morgan fingerprint density at radius 2 is 1.77 bits per heavy atom. The summed E-state index contributed by atoms with van der Waals surface area (Å²) in [4.78, 5) is 41.6. The molecule has 0 bridgehead atoms. The number of urea groups is 1. The highest BCUT2D eigenvalue weighted by molar-refractivity contribution is 6.08. The average Bonchev–Trinajstić information content (AvgIpc) is 2.88. The number of nitrogens with zero attached hydrogens (tertiary/aromatic N) is 3. The Balaban J connectivity index is 2.07. The lowest BCUT2D eigenvalue weighted by atomic mass is 9.80. The van der Waals surface area contributed by atoms with E-state index in [2.05, 4.69) is 11.4 Å². The normalized spacial score (nSPS) is 17.4. The number of fused-ring (bicyclic) bond motifs is 1. The first-order chi connectivity index (χ1) is 16.8. The molecule has 10 nitrogen and oxygen atoms in total. The number of esters is 2. The summed E-state index contributed by atoms with van der Waals surface area (Å²) < 4.78 is 10.1. The van der Waals surface area contributed by atoms with Gasteiger partial charge in [0.15, 0.2) is 0 Å². The Bertz CT molecular complexity index is 1330.